The summed E-state index contributed by atoms with van der Waals surface area (Å²) in [4.78, 5) is 0. The molecule has 2 aromatic rings. The van der Waals surface area contributed by atoms with E-state index in [-0.39, 0.29) is 11.6 Å². The van der Waals surface area contributed by atoms with Crippen molar-refractivity contribution in [2.24, 2.45) is 0 Å². The Morgan fingerprint density at radius 1 is 1.05 bits per heavy atom. The molecule has 2 aromatic carbocycles. The molecule has 2 nitrogen and oxygen atoms in total. The summed E-state index contributed by atoms with van der Waals surface area (Å²) >= 11 is 0. The molecule has 0 aliphatic rings. The predicted molar refractivity (Wildman–Crippen MR) is 80.9 cm³/mol. The Balaban J connectivity index is 2.15. The highest BCUT2D eigenvalue weighted by atomic mass is 19.1. The first-order chi connectivity index (χ1) is 9.51. The van der Waals surface area contributed by atoms with Crippen LogP contribution in [-0.4, -0.2) is 7.11 Å². The number of halogens is 1. The molecule has 0 saturated carbocycles. The second-order valence-corrected chi connectivity index (χ2v) is 5.08. The Bertz CT molecular complexity index is 599. The highest BCUT2D eigenvalue weighted by Gasteiger charge is 2.06. The molecule has 2 rings (SSSR count). The highest BCUT2D eigenvalue weighted by Crippen LogP contribution is 2.22. The fraction of sp³-hybridized carbons (Fsp3) is 0.294. The molecule has 0 spiro atoms. The molecule has 0 unspecified atom stereocenters. The molecule has 0 bridgehead atoms. The van der Waals surface area contributed by atoms with Gasteiger partial charge in [-0.25, -0.2) is 4.39 Å². The minimum absolute atomic E-state index is 0.262. The van der Waals surface area contributed by atoms with E-state index < -0.39 is 0 Å². The van der Waals surface area contributed by atoms with E-state index in [1.165, 1.54) is 35.4 Å². The van der Waals surface area contributed by atoms with Gasteiger partial charge in [0.05, 0.1) is 7.11 Å². The molecule has 0 aliphatic carbocycles. The van der Waals surface area contributed by atoms with E-state index in [1.54, 1.807) is 6.07 Å². The molecule has 106 valence electrons. The number of benzene rings is 2. The van der Waals surface area contributed by atoms with Gasteiger partial charge in [0.15, 0.2) is 11.6 Å². The van der Waals surface area contributed by atoms with Crippen LogP contribution in [0.5, 0.6) is 5.75 Å². The quantitative estimate of drug-likeness (QED) is 0.893. The molecule has 0 amide bonds. The summed E-state index contributed by atoms with van der Waals surface area (Å²) in [6, 6.07) is 9.24. The second kappa shape index (κ2) is 5.95. The van der Waals surface area contributed by atoms with Crippen LogP contribution >= 0.6 is 0 Å². The third kappa shape index (κ3) is 3.10. The average molecular weight is 273 g/mol. The third-order valence-corrected chi connectivity index (χ3v) is 3.46. The summed E-state index contributed by atoms with van der Waals surface area (Å²) in [7, 11) is 1.46. The molecule has 20 heavy (non-hydrogen) atoms. The maximum absolute atomic E-state index is 13.6. The minimum atomic E-state index is -0.352. The molecular formula is C17H20FNO. The summed E-state index contributed by atoms with van der Waals surface area (Å²) in [5, 5.41) is 3.26. The van der Waals surface area contributed by atoms with Gasteiger partial charge >= 0.3 is 0 Å². The van der Waals surface area contributed by atoms with Gasteiger partial charge < -0.3 is 10.1 Å². The van der Waals surface area contributed by atoms with E-state index in [1.807, 2.05) is 6.07 Å². The number of methoxy groups -OCH3 is 1. The van der Waals surface area contributed by atoms with Crippen LogP contribution in [0.1, 0.15) is 22.3 Å². The lowest BCUT2D eigenvalue weighted by Gasteiger charge is -2.13. The lowest BCUT2D eigenvalue weighted by Crippen LogP contribution is -2.04. The van der Waals surface area contributed by atoms with Crippen LogP contribution in [0, 0.1) is 26.6 Å². The Labute approximate surface area is 119 Å². The predicted octanol–water partition coefficient (Wildman–Crippen LogP) is 4.37. The number of ether oxygens (including phenoxy) is 1. The Morgan fingerprint density at radius 3 is 2.25 bits per heavy atom. The number of hydrogen-bond donors (Lipinski definition) is 1. The van der Waals surface area contributed by atoms with Crippen molar-refractivity contribution in [3.8, 4) is 5.75 Å². The standard InChI is InChI=1S/C17H20FNO/c1-11-7-12(2)15(13(3)8-11)10-19-14-5-6-17(20-4)16(18)9-14/h5-9,19H,10H2,1-4H3. The van der Waals surface area contributed by atoms with Crippen LogP contribution in [0.4, 0.5) is 10.1 Å². The van der Waals surface area contributed by atoms with Gasteiger partial charge in [0.25, 0.3) is 0 Å². The van der Waals surface area contributed by atoms with Gasteiger partial charge in [0.1, 0.15) is 0 Å². The normalized spacial score (nSPS) is 10.4. The largest absolute Gasteiger partial charge is 0.494 e. The minimum Gasteiger partial charge on any atom is -0.494 e. The Hall–Kier alpha value is -2.03. The Morgan fingerprint density at radius 2 is 1.70 bits per heavy atom. The van der Waals surface area contributed by atoms with Crippen LogP contribution in [0.25, 0.3) is 0 Å². The molecule has 0 heterocycles. The summed E-state index contributed by atoms with van der Waals surface area (Å²) in [6.45, 7) is 6.98. The summed E-state index contributed by atoms with van der Waals surface area (Å²) in [6.07, 6.45) is 0. The van der Waals surface area contributed by atoms with E-state index in [4.69, 9.17) is 4.74 Å². The third-order valence-electron chi connectivity index (χ3n) is 3.46. The second-order valence-electron chi connectivity index (χ2n) is 5.08. The van der Waals surface area contributed by atoms with Gasteiger partial charge in [-0.15, -0.1) is 0 Å². The molecule has 0 saturated heterocycles. The molecular weight excluding hydrogens is 253 g/mol. The fourth-order valence-electron chi connectivity index (χ4n) is 2.46. The topological polar surface area (TPSA) is 21.3 Å². The lowest BCUT2D eigenvalue weighted by atomic mass is 10.00. The van der Waals surface area contributed by atoms with Crippen LogP contribution in [0.3, 0.4) is 0 Å². The van der Waals surface area contributed by atoms with Crippen molar-refractivity contribution in [1.29, 1.82) is 0 Å². The lowest BCUT2D eigenvalue weighted by molar-refractivity contribution is 0.386. The van der Waals surface area contributed by atoms with E-state index in [9.17, 15) is 4.39 Å². The van der Waals surface area contributed by atoms with Crippen LogP contribution < -0.4 is 10.1 Å². The first-order valence-electron chi connectivity index (χ1n) is 6.65. The van der Waals surface area contributed by atoms with Gasteiger partial charge in [-0.3, -0.25) is 0 Å². The number of nitrogens with one attached hydrogen (secondary N) is 1. The van der Waals surface area contributed by atoms with Crippen LogP contribution in [0.2, 0.25) is 0 Å². The molecule has 0 fully saturated rings. The molecule has 0 radical (unpaired) electrons. The summed E-state index contributed by atoms with van der Waals surface area (Å²) in [5.74, 6) is -0.0897. The van der Waals surface area contributed by atoms with Crippen LogP contribution in [0.15, 0.2) is 30.3 Å². The average Bonchev–Trinajstić information content (AvgIpc) is 2.37. The fourth-order valence-corrected chi connectivity index (χ4v) is 2.46. The number of anilines is 1. The van der Waals surface area contributed by atoms with Gasteiger partial charge in [-0.1, -0.05) is 17.7 Å². The first-order valence-corrected chi connectivity index (χ1v) is 6.65. The molecule has 1 N–H and O–H groups in total. The number of aryl methyl sites for hydroxylation is 3. The zero-order valence-corrected chi connectivity index (χ0v) is 12.4. The van der Waals surface area contributed by atoms with Crippen molar-refractivity contribution in [1.82, 2.24) is 0 Å². The molecule has 0 aliphatic heterocycles. The van der Waals surface area contributed by atoms with Crippen molar-refractivity contribution >= 4 is 5.69 Å². The van der Waals surface area contributed by atoms with Gasteiger partial charge in [-0.05, 0) is 49.6 Å². The van der Waals surface area contributed by atoms with Crippen molar-refractivity contribution in [2.45, 2.75) is 27.3 Å². The molecule has 3 heteroatoms. The zero-order valence-electron chi connectivity index (χ0n) is 12.4. The number of rotatable bonds is 4. The Kier molecular flexibility index (Phi) is 4.28. The summed E-state index contributed by atoms with van der Waals surface area (Å²) in [5.41, 5.74) is 5.78. The summed E-state index contributed by atoms with van der Waals surface area (Å²) < 4.78 is 18.5. The van der Waals surface area contributed by atoms with E-state index in [0.717, 1.165) is 5.69 Å². The monoisotopic (exact) mass is 273 g/mol. The maximum Gasteiger partial charge on any atom is 0.167 e. The van der Waals surface area contributed by atoms with Gasteiger partial charge in [-0.2, -0.15) is 0 Å². The van der Waals surface area contributed by atoms with Crippen molar-refractivity contribution in [3.05, 3.63) is 58.4 Å². The van der Waals surface area contributed by atoms with Crippen molar-refractivity contribution in [3.63, 3.8) is 0 Å². The highest BCUT2D eigenvalue weighted by molar-refractivity contribution is 5.49. The zero-order chi connectivity index (χ0) is 14.7. The van der Waals surface area contributed by atoms with Crippen LogP contribution in [-0.2, 0) is 6.54 Å². The van der Waals surface area contributed by atoms with E-state index in [2.05, 4.69) is 38.2 Å². The molecule has 0 aromatic heterocycles. The van der Waals surface area contributed by atoms with E-state index in [0.29, 0.717) is 6.54 Å². The molecule has 0 atom stereocenters. The van der Waals surface area contributed by atoms with Gasteiger partial charge in [0, 0.05) is 18.3 Å². The number of hydrogen-bond acceptors (Lipinski definition) is 2. The smallest absolute Gasteiger partial charge is 0.167 e. The first kappa shape index (κ1) is 14.4. The van der Waals surface area contributed by atoms with Crippen molar-refractivity contribution < 1.29 is 9.13 Å². The SMILES string of the molecule is COc1ccc(NCc2c(C)cc(C)cc2C)cc1F. The van der Waals surface area contributed by atoms with E-state index >= 15 is 0 Å². The maximum atomic E-state index is 13.6. The van der Waals surface area contributed by atoms with Gasteiger partial charge in [0.2, 0.25) is 0 Å². The van der Waals surface area contributed by atoms with Crippen molar-refractivity contribution in [2.75, 3.05) is 12.4 Å².